The Morgan fingerprint density at radius 3 is 2.69 bits per heavy atom. The van der Waals surface area contributed by atoms with Crippen LogP contribution in [0.3, 0.4) is 0 Å². The number of hydrogen-bond acceptors (Lipinski definition) is 6. The van der Waals surface area contributed by atoms with Crippen LogP contribution in [0.5, 0.6) is 0 Å². The zero-order valence-corrected chi connectivity index (χ0v) is 7.49. The molecule has 78 valence electrons. The molecule has 0 bridgehead atoms. The van der Waals surface area contributed by atoms with E-state index in [1.807, 2.05) is 0 Å². The minimum Gasteiger partial charge on any atom is -0.438 e. The molecule has 0 amide bonds. The number of methoxy groups -OCH3 is 1. The molecule has 0 aromatic carbocycles. The number of carbonyl (C=O) groups is 1. The molecule has 1 aliphatic rings. The quantitative estimate of drug-likeness (QED) is 0.639. The van der Waals surface area contributed by atoms with Crippen LogP contribution in [0, 0.1) is 0 Å². The lowest BCUT2D eigenvalue weighted by Crippen LogP contribution is -2.26. The van der Waals surface area contributed by atoms with E-state index in [1.54, 1.807) is 0 Å². The Balaban J connectivity index is 2.48. The van der Waals surface area contributed by atoms with Crippen molar-refractivity contribution in [3.05, 3.63) is 0 Å². The molecule has 2 N–H and O–H groups in total. The largest absolute Gasteiger partial charge is 0.508 e. The van der Waals surface area contributed by atoms with E-state index in [0.717, 1.165) is 7.11 Å². The monoisotopic (exact) mass is 216 g/mol. The zero-order chi connectivity index (χ0) is 10.1. The molecular formula is C5H9FO6S. The fourth-order valence-electron chi connectivity index (χ4n) is 0.797. The number of carbonyl (C=O) groups excluding carboxylic acids is 1. The van der Waals surface area contributed by atoms with Crippen LogP contribution in [0.15, 0.2) is 0 Å². The van der Waals surface area contributed by atoms with E-state index < -0.39 is 35.2 Å². The average molecular weight is 216 g/mol. The van der Waals surface area contributed by atoms with Crippen molar-refractivity contribution in [1.82, 2.24) is 0 Å². The number of halogens is 1. The molecule has 0 saturated carbocycles. The predicted octanol–water partition coefficient (Wildman–Crippen LogP) is 1.13. The molecule has 1 aliphatic heterocycles. The minimum absolute atomic E-state index is 0.469. The van der Waals surface area contributed by atoms with Crippen molar-refractivity contribution >= 4 is 17.0 Å². The van der Waals surface area contributed by atoms with Crippen LogP contribution in [0.1, 0.15) is 0 Å². The highest BCUT2D eigenvalue weighted by Crippen LogP contribution is 2.49. The van der Waals surface area contributed by atoms with E-state index in [0.29, 0.717) is 0 Å². The highest BCUT2D eigenvalue weighted by atomic mass is 32.3. The number of alkyl halides is 1. The maximum absolute atomic E-state index is 12.7. The smallest absolute Gasteiger partial charge is 0.438 e. The van der Waals surface area contributed by atoms with Crippen molar-refractivity contribution in [2.75, 3.05) is 12.9 Å². The molecule has 0 aromatic rings. The van der Waals surface area contributed by atoms with Crippen molar-refractivity contribution in [3.8, 4) is 0 Å². The van der Waals surface area contributed by atoms with Gasteiger partial charge < -0.3 is 18.6 Å². The van der Waals surface area contributed by atoms with E-state index in [4.69, 9.17) is 9.11 Å². The summed E-state index contributed by atoms with van der Waals surface area (Å²) >= 11 is 0. The molecule has 13 heavy (non-hydrogen) atoms. The van der Waals surface area contributed by atoms with E-state index >= 15 is 0 Å². The Labute approximate surface area is 75.1 Å². The predicted molar refractivity (Wildman–Crippen MR) is 41.0 cm³/mol. The van der Waals surface area contributed by atoms with Crippen LogP contribution in [0.2, 0.25) is 0 Å². The SMILES string of the molecule is COC(=O)OC1CS(O)(O)OC1F. The third-order valence-corrected chi connectivity index (χ3v) is 2.59. The molecule has 1 rings (SSSR count). The van der Waals surface area contributed by atoms with E-state index in [1.165, 1.54) is 0 Å². The van der Waals surface area contributed by atoms with Crippen LogP contribution in [-0.2, 0) is 13.7 Å². The van der Waals surface area contributed by atoms with Crippen molar-refractivity contribution in [2.45, 2.75) is 12.5 Å². The van der Waals surface area contributed by atoms with Crippen LogP contribution in [0.4, 0.5) is 9.18 Å². The first-order valence-corrected chi connectivity index (χ1v) is 4.91. The van der Waals surface area contributed by atoms with Crippen molar-refractivity contribution in [3.63, 3.8) is 0 Å². The topological polar surface area (TPSA) is 85.2 Å². The molecule has 1 saturated heterocycles. The Morgan fingerprint density at radius 1 is 1.69 bits per heavy atom. The van der Waals surface area contributed by atoms with Gasteiger partial charge in [-0.25, -0.2) is 9.18 Å². The second kappa shape index (κ2) is 3.66. The molecule has 6 nitrogen and oxygen atoms in total. The van der Waals surface area contributed by atoms with Crippen LogP contribution in [-0.4, -0.2) is 40.6 Å². The third-order valence-electron chi connectivity index (χ3n) is 1.33. The first-order chi connectivity index (χ1) is 5.94. The summed E-state index contributed by atoms with van der Waals surface area (Å²) in [5, 5.41) is 0. The second-order valence-electron chi connectivity index (χ2n) is 2.33. The highest BCUT2D eigenvalue weighted by Gasteiger charge is 2.44. The molecular weight excluding hydrogens is 207 g/mol. The molecule has 0 aliphatic carbocycles. The van der Waals surface area contributed by atoms with E-state index in [-0.39, 0.29) is 0 Å². The number of hydrogen-bond donors (Lipinski definition) is 2. The van der Waals surface area contributed by atoms with Gasteiger partial charge in [0, 0.05) is 0 Å². The highest BCUT2D eigenvalue weighted by molar-refractivity contribution is 8.20. The molecule has 2 atom stereocenters. The third kappa shape index (κ3) is 2.69. The van der Waals surface area contributed by atoms with E-state index in [2.05, 4.69) is 13.7 Å². The lowest BCUT2D eigenvalue weighted by atomic mass is 10.4. The van der Waals surface area contributed by atoms with Crippen LogP contribution in [0.25, 0.3) is 0 Å². The first-order valence-electron chi connectivity index (χ1n) is 3.27. The first kappa shape index (κ1) is 10.5. The van der Waals surface area contributed by atoms with Gasteiger partial charge in [-0.1, -0.05) is 0 Å². The Hall–Kier alpha value is -0.570. The molecule has 0 radical (unpaired) electrons. The molecule has 1 heterocycles. The average Bonchev–Trinajstić information content (AvgIpc) is 2.24. The summed E-state index contributed by atoms with van der Waals surface area (Å²) in [6, 6.07) is 0. The van der Waals surface area contributed by atoms with Crippen molar-refractivity contribution in [2.24, 2.45) is 0 Å². The van der Waals surface area contributed by atoms with Crippen molar-refractivity contribution < 1.29 is 31.9 Å². The summed E-state index contributed by atoms with van der Waals surface area (Å²) in [6.07, 6.45) is -4.44. The van der Waals surface area contributed by atoms with Gasteiger partial charge in [0.25, 0.3) is 6.36 Å². The van der Waals surface area contributed by atoms with Gasteiger partial charge >= 0.3 is 6.16 Å². The summed E-state index contributed by atoms with van der Waals surface area (Å²) in [7, 11) is -2.35. The Bertz CT molecular complexity index is 209. The van der Waals surface area contributed by atoms with Gasteiger partial charge in [-0.2, -0.15) is 0 Å². The fraction of sp³-hybridized carbons (Fsp3) is 0.800. The second-order valence-corrected chi connectivity index (χ2v) is 4.07. The molecule has 8 heteroatoms. The summed E-state index contributed by atoms with van der Waals surface area (Å²) in [5.74, 6) is -0.469. The van der Waals surface area contributed by atoms with Gasteiger partial charge in [0.1, 0.15) is 0 Å². The lowest BCUT2D eigenvalue weighted by molar-refractivity contribution is -0.0412. The summed E-state index contributed by atoms with van der Waals surface area (Å²) in [4.78, 5) is 10.5. The molecule has 2 unspecified atom stereocenters. The minimum atomic E-state index is -3.41. The van der Waals surface area contributed by atoms with Crippen LogP contribution >= 0.6 is 10.9 Å². The maximum Gasteiger partial charge on any atom is 0.508 e. The van der Waals surface area contributed by atoms with Gasteiger partial charge in [0.15, 0.2) is 6.10 Å². The molecule has 0 aromatic heterocycles. The normalized spacial score (nSPS) is 33.8. The van der Waals surface area contributed by atoms with Crippen LogP contribution < -0.4 is 0 Å². The lowest BCUT2D eigenvalue weighted by Gasteiger charge is -2.16. The van der Waals surface area contributed by atoms with Gasteiger partial charge in [-0.15, -0.1) is 0 Å². The maximum atomic E-state index is 12.7. The summed E-state index contributed by atoms with van der Waals surface area (Å²) in [5.41, 5.74) is 0. The Morgan fingerprint density at radius 2 is 2.31 bits per heavy atom. The fourth-order valence-corrected chi connectivity index (χ4v) is 1.94. The summed E-state index contributed by atoms with van der Waals surface area (Å²) in [6.45, 7) is 0. The standard InChI is InChI=1S/C5H9FO6S/c1-10-5(7)11-3-2-13(8,9)12-4(3)6/h3-4,8-9H,2H2,1H3. The van der Waals surface area contributed by atoms with Gasteiger partial charge in [0.05, 0.1) is 23.7 Å². The van der Waals surface area contributed by atoms with Gasteiger partial charge in [-0.05, 0) is 0 Å². The molecule has 1 fully saturated rings. The van der Waals surface area contributed by atoms with E-state index in [9.17, 15) is 9.18 Å². The van der Waals surface area contributed by atoms with Gasteiger partial charge in [-0.3, -0.25) is 4.18 Å². The zero-order valence-electron chi connectivity index (χ0n) is 6.68. The number of rotatable bonds is 1. The number of ether oxygens (including phenoxy) is 2. The van der Waals surface area contributed by atoms with Crippen molar-refractivity contribution in [1.29, 1.82) is 0 Å². The van der Waals surface area contributed by atoms with Gasteiger partial charge in [0.2, 0.25) is 0 Å². The Kier molecular flexibility index (Phi) is 2.96. The molecule has 0 spiro atoms. The summed E-state index contributed by atoms with van der Waals surface area (Å²) < 4.78 is 43.0.